The maximum Gasteiger partial charge on any atom is 0.306 e. The second-order valence-corrected chi connectivity index (χ2v) is 19.1. The van der Waals surface area contributed by atoms with Crippen LogP contribution in [0.25, 0.3) is 0 Å². The third-order valence-electron chi connectivity index (χ3n) is 11.7. The van der Waals surface area contributed by atoms with Crippen molar-refractivity contribution in [3.05, 3.63) is 97.2 Å². The SMILES string of the molecule is CC/C=C/C/C=C/C/C=C/C/C=C/C/C=C/CCCCCCCCCC(=O)OCC(COCCC(C(=O)[O-])[N+](C)(C)C)OC(=O)CCCCCCCCCCCCC/C=C/C/C=C/C/C=C/CC. The van der Waals surface area contributed by atoms with Crippen LogP contribution in [-0.4, -0.2) is 75.5 Å². The van der Waals surface area contributed by atoms with Crippen molar-refractivity contribution in [1.29, 1.82) is 0 Å². The third kappa shape index (κ3) is 47.3. The van der Waals surface area contributed by atoms with Gasteiger partial charge in [0.05, 0.1) is 40.3 Å². The summed E-state index contributed by atoms with van der Waals surface area (Å²) in [6.07, 6.45) is 67.2. The highest BCUT2D eigenvalue weighted by molar-refractivity contribution is 5.70. The van der Waals surface area contributed by atoms with Crippen LogP contribution >= 0.6 is 0 Å². The minimum Gasteiger partial charge on any atom is -0.544 e. The number of aliphatic carboxylic acids is 1. The maximum atomic E-state index is 12.8. The summed E-state index contributed by atoms with van der Waals surface area (Å²) in [6.45, 7) is 4.43. The monoisotopic (exact) mass is 948 g/mol. The van der Waals surface area contributed by atoms with Crippen molar-refractivity contribution in [2.24, 2.45) is 0 Å². The number of carboxylic acid groups (broad SMARTS) is 1. The van der Waals surface area contributed by atoms with Gasteiger partial charge >= 0.3 is 11.9 Å². The molecule has 0 amide bonds. The zero-order valence-electron chi connectivity index (χ0n) is 44.2. The zero-order valence-corrected chi connectivity index (χ0v) is 44.2. The van der Waals surface area contributed by atoms with Crippen molar-refractivity contribution in [2.45, 2.75) is 225 Å². The number of rotatable bonds is 48. The lowest BCUT2D eigenvalue weighted by atomic mass is 10.0. The first-order chi connectivity index (χ1) is 33.1. The zero-order chi connectivity index (χ0) is 49.9. The van der Waals surface area contributed by atoms with Gasteiger partial charge in [-0.1, -0.05) is 201 Å². The number of quaternary nitrogens is 1. The van der Waals surface area contributed by atoms with E-state index < -0.39 is 18.1 Å². The smallest absolute Gasteiger partial charge is 0.306 e. The van der Waals surface area contributed by atoms with Gasteiger partial charge in [-0.15, -0.1) is 0 Å². The van der Waals surface area contributed by atoms with Gasteiger partial charge in [0, 0.05) is 19.3 Å². The molecule has 2 unspecified atom stereocenters. The molecule has 0 aromatic carbocycles. The number of likely N-dealkylation sites (N-methyl/N-ethyl adjacent to an activating group) is 1. The number of unbranched alkanes of at least 4 members (excludes halogenated alkanes) is 18. The Bertz CT molecular complexity index is 1430. The molecule has 68 heavy (non-hydrogen) atoms. The molecule has 0 saturated heterocycles. The molecule has 0 N–H and O–H groups in total. The molecule has 0 aromatic heterocycles. The molecular weight excluding hydrogens is 847 g/mol. The van der Waals surface area contributed by atoms with Crippen molar-refractivity contribution >= 4 is 17.9 Å². The molecule has 0 rings (SSSR count). The van der Waals surface area contributed by atoms with Crippen LogP contribution in [-0.2, 0) is 28.6 Å². The second kappa shape index (κ2) is 49.7. The fourth-order valence-corrected chi connectivity index (χ4v) is 7.58. The molecule has 0 aliphatic heterocycles. The highest BCUT2D eigenvalue weighted by Crippen LogP contribution is 2.15. The van der Waals surface area contributed by atoms with E-state index in [4.69, 9.17) is 14.2 Å². The fraction of sp³-hybridized carbons (Fsp3) is 0.683. The van der Waals surface area contributed by atoms with Crippen LogP contribution in [0.1, 0.15) is 213 Å². The number of ether oxygens (including phenoxy) is 3. The molecule has 8 nitrogen and oxygen atoms in total. The van der Waals surface area contributed by atoms with Gasteiger partial charge in [0.25, 0.3) is 0 Å². The second-order valence-electron chi connectivity index (χ2n) is 19.1. The van der Waals surface area contributed by atoms with Gasteiger partial charge in [-0.3, -0.25) is 9.59 Å². The van der Waals surface area contributed by atoms with E-state index in [1.54, 1.807) is 21.1 Å². The third-order valence-corrected chi connectivity index (χ3v) is 11.7. The number of carbonyl (C=O) groups is 3. The number of esters is 2. The summed E-state index contributed by atoms with van der Waals surface area (Å²) in [5.41, 5.74) is 0. The summed E-state index contributed by atoms with van der Waals surface area (Å²) < 4.78 is 17.3. The molecule has 0 aromatic rings. The van der Waals surface area contributed by atoms with Crippen molar-refractivity contribution < 1.29 is 38.2 Å². The van der Waals surface area contributed by atoms with Crippen LogP contribution in [0.4, 0.5) is 0 Å². The van der Waals surface area contributed by atoms with Crippen LogP contribution in [0.2, 0.25) is 0 Å². The highest BCUT2D eigenvalue weighted by atomic mass is 16.6. The topological polar surface area (TPSA) is 102 Å². The number of hydrogen-bond acceptors (Lipinski definition) is 7. The van der Waals surface area contributed by atoms with E-state index in [0.29, 0.717) is 12.8 Å². The normalized spacial score (nSPS) is 13.6. The van der Waals surface area contributed by atoms with E-state index in [9.17, 15) is 19.5 Å². The molecule has 388 valence electrons. The Morgan fingerprint density at radius 2 is 0.779 bits per heavy atom. The maximum absolute atomic E-state index is 12.8. The molecule has 0 aliphatic carbocycles. The molecule has 0 aliphatic rings. The lowest BCUT2D eigenvalue weighted by molar-refractivity contribution is -0.889. The van der Waals surface area contributed by atoms with Gasteiger partial charge in [-0.2, -0.15) is 0 Å². The van der Waals surface area contributed by atoms with E-state index in [0.717, 1.165) is 96.3 Å². The molecule has 0 bridgehead atoms. The Morgan fingerprint density at radius 3 is 1.15 bits per heavy atom. The summed E-state index contributed by atoms with van der Waals surface area (Å²) in [4.78, 5) is 37.1. The average molecular weight is 948 g/mol. The predicted molar refractivity (Wildman–Crippen MR) is 286 cm³/mol. The number of carboxylic acids is 1. The van der Waals surface area contributed by atoms with Gasteiger partial charge in [0.2, 0.25) is 0 Å². The lowest BCUT2D eigenvalue weighted by Gasteiger charge is -2.34. The summed E-state index contributed by atoms with van der Waals surface area (Å²) >= 11 is 0. The van der Waals surface area contributed by atoms with Gasteiger partial charge in [-0.25, -0.2) is 0 Å². The first kappa shape index (κ1) is 64.2. The fourth-order valence-electron chi connectivity index (χ4n) is 7.58. The molecule has 0 radical (unpaired) electrons. The van der Waals surface area contributed by atoms with Crippen molar-refractivity contribution in [2.75, 3.05) is 41.0 Å². The van der Waals surface area contributed by atoms with Crippen molar-refractivity contribution in [3.8, 4) is 0 Å². The van der Waals surface area contributed by atoms with Gasteiger partial charge in [-0.05, 0) is 89.9 Å². The molecule has 0 heterocycles. The van der Waals surface area contributed by atoms with Gasteiger partial charge in [0.1, 0.15) is 12.6 Å². The van der Waals surface area contributed by atoms with E-state index in [2.05, 4.69) is 111 Å². The largest absolute Gasteiger partial charge is 0.544 e. The van der Waals surface area contributed by atoms with Crippen LogP contribution < -0.4 is 5.11 Å². The lowest BCUT2D eigenvalue weighted by Crippen LogP contribution is -2.55. The minimum atomic E-state index is -1.13. The van der Waals surface area contributed by atoms with Crippen LogP contribution in [0.5, 0.6) is 0 Å². The standard InChI is InChI=1S/C60H101NO7/c1-6-8-10-12-14-16-18-20-22-24-26-28-29-31-32-34-36-38-40-42-44-46-48-50-58(62)67-55-56(54-66-53-52-57(60(64)65)61(3,4)5)68-59(63)51-49-47-45-43-41-39-37-35-33-30-27-25-23-21-19-17-15-13-11-9-7-2/h8-11,14-17,20-23,26,28,31-32,56-57H,6-7,12-13,18-19,24-25,27,29-30,33-55H2,1-5H3/b10-8+,11-9+,16-14+,17-15+,22-20+,23-21+,28-26+,32-31+. The molecule has 0 fully saturated rings. The Hall–Kier alpha value is -3.75. The predicted octanol–water partition coefficient (Wildman–Crippen LogP) is 14.9. The quantitative estimate of drug-likeness (QED) is 0.0259. The van der Waals surface area contributed by atoms with E-state index in [1.165, 1.54) is 83.5 Å². The van der Waals surface area contributed by atoms with Crippen LogP contribution in [0.15, 0.2) is 97.2 Å². The first-order valence-corrected chi connectivity index (χ1v) is 27.3. The first-order valence-electron chi connectivity index (χ1n) is 27.3. The minimum absolute atomic E-state index is 0.0313. The van der Waals surface area contributed by atoms with E-state index in [1.807, 2.05) is 0 Å². The molecule has 0 spiro atoms. The Kier molecular flexibility index (Phi) is 46.9. The van der Waals surface area contributed by atoms with E-state index >= 15 is 0 Å². The average Bonchev–Trinajstić information content (AvgIpc) is 3.30. The van der Waals surface area contributed by atoms with E-state index in [-0.39, 0.29) is 42.7 Å². The molecule has 0 saturated carbocycles. The Labute approximate surface area is 417 Å². The highest BCUT2D eigenvalue weighted by Gasteiger charge is 2.25. The summed E-state index contributed by atoms with van der Waals surface area (Å²) in [6, 6.07) is -0.734. The van der Waals surface area contributed by atoms with Crippen LogP contribution in [0, 0.1) is 0 Å². The number of carbonyl (C=O) groups excluding carboxylic acids is 3. The van der Waals surface area contributed by atoms with Crippen molar-refractivity contribution in [1.82, 2.24) is 0 Å². The molecule has 8 heteroatoms. The number of allylic oxidation sites excluding steroid dienone is 16. The van der Waals surface area contributed by atoms with Gasteiger partial charge < -0.3 is 28.6 Å². The molecular formula is C60H101NO7. The molecule has 2 atom stereocenters. The van der Waals surface area contributed by atoms with Crippen LogP contribution in [0.3, 0.4) is 0 Å². The Balaban J connectivity index is 4.24. The number of nitrogens with zero attached hydrogens (tertiary/aromatic N) is 1. The Morgan fingerprint density at radius 1 is 0.441 bits per heavy atom. The number of hydrogen-bond donors (Lipinski definition) is 0. The summed E-state index contributed by atoms with van der Waals surface area (Å²) in [5.74, 6) is -1.76. The summed E-state index contributed by atoms with van der Waals surface area (Å²) in [7, 11) is 5.41. The van der Waals surface area contributed by atoms with Gasteiger partial charge in [0.15, 0.2) is 6.10 Å². The summed E-state index contributed by atoms with van der Waals surface area (Å²) in [5, 5.41) is 11.7. The van der Waals surface area contributed by atoms with Crippen molar-refractivity contribution in [3.63, 3.8) is 0 Å².